The highest BCUT2D eigenvalue weighted by Crippen LogP contribution is 2.41. The summed E-state index contributed by atoms with van der Waals surface area (Å²) in [4.78, 5) is 58.4. The van der Waals surface area contributed by atoms with Gasteiger partial charge in [0.15, 0.2) is 17.4 Å². The fourth-order valence-electron chi connectivity index (χ4n) is 10.6. The maximum Gasteiger partial charge on any atom is 0.329 e. The highest BCUT2D eigenvalue weighted by Gasteiger charge is 2.51. The number of fused-ring (bicyclic) bond motifs is 3. The molecule has 9 unspecified atom stereocenters. The topological polar surface area (TPSA) is 178 Å². The number of aliphatic hydroxyl groups is 3. The number of Topliss-reactive ketones (excluding diaryl/α,β-unsaturated/α-hetero) is 2. The molecule has 16 atom stereocenters. The van der Waals surface area contributed by atoms with E-state index >= 15 is 0 Å². The van der Waals surface area contributed by atoms with Crippen LogP contribution in [0.25, 0.3) is 0 Å². The van der Waals surface area contributed by atoms with E-state index < -0.39 is 72.0 Å². The average Bonchev–Trinajstić information content (AvgIpc) is 3.28. The second-order valence-corrected chi connectivity index (χ2v) is 20.1. The number of esters is 1. The Labute approximate surface area is 389 Å². The van der Waals surface area contributed by atoms with E-state index in [1.54, 1.807) is 41.1 Å². The Morgan fingerprint density at radius 1 is 0.862 bits per heavy atom. The summed E-state index contributed by atoms with van der Waals surface area (Å²) in [5.41, 5.74) is 1.32. The Morgan fingerprint density at radius 2 is 1.58 bits per heavy atom. The lowest BCUT2D eigenvalue weighted by Crippen LogP contribution is -2.59. The normalized spacial score (nSPS) is 39.0. The van der Waals surface area contributed by atoms with Gasteiger partial charge in [-0.15, -0.1) is 0 Å². The molecule has 3 N–H and O–H groups in total. The van der Waals surface area contributed by atoms with Crippen molar-refractivity contribution in [3.63, 3.8) is 0 Å². The molecule has 0 radical (unpaired) electrons. The van der Waals surface area contributed by atoms with Crippen molar-refractivity contribution in [3.8, 4) is 0 Å². The number of piperidine rings is 1. The van der Waals surface area contributed by atoms with Gasteiger partial charge in [0.2, 0.25) is 5.91 Å². The first kappa shape index (κ1) is 54.6. The van der Waals surface area contributed by atoms with E-state index in [4.69, 9.17) is 23.7 Å². The molecule has 13 heteroatoms. The van der Waals surface area contributed by atoms with E-state index in [0.29, 0.717) is 76.3 Å². The number of amides is 1. The number of cyclic esters (lactones) is 1. The molecular formula is C52H83NO12. The molecule has 13 nitrogen and oxygen atoms in total. The third-order valence-electron chi connectivity index (χ3n) is 15.0. The number of ether oxygens (including phenoxy) is 5. The van der Waals surface area contributed by atoms with Gasteiger partial charge in [-0.3, -0.25) is 14.4 Å². The fourth-order valence-corrected chi connectivity index (χ4v) is 10.6. The van der Waals surface area contributed by atoms with Gasteiger partial charge in [0.25, 0.3) is 0 Å². The Bertz CT molecular complexity index is 1710. The molecule has 0 aromatic carbocycles. The van der Waals surface area contributed by atoms with E-state index in [0.717, 1.165) is 12.0 Å². The minimum Gasteiger partial charge on any atom is -0.460 e. The molecule has 368 valence electrons. The molecular weight excluding hydrogens is 831 g/mol. The summed E-state index contributed by atoms with van der Waals surface area (Å²) < 4.78 is 30.0. The lowest BCUT2D eigenvalue weighted by atomic mass is 9.78. The van der Waals surface area contributed by atoms with Gasteiger partial charge in [0.1, 0.15) is 18.2 Å². The van der Waals surface area contributed by atoms with Gasteiger partial charge < -0.3 is 43.9 Å². The lowest BCUT2D eigenvalue weighted by Gasteiger charge is -2.47. The molecule has 2 bridgehead atoms. The van der Waals surface area contributed by atoms with Crippen molar-refractivity contribution in [1.29, 1.82) is 0 Å². The van der Waals surface area contributed by atoms with Crippen LogP contribution in [-0.4, -0.2) is 126 Å². The van der Waals surface area contributed by atoms with Crippen molar-refractivity contribution in [2.75, 3.05) is 27.9 Å². The van der Waals surface area contributed by atoms with E-state index in [9.17, 15) is 34.5 Å². The molecule has 4 rings (SSSR count). The predicted molar refractivity (Wildman–Crippen MR) is 249 cm³/mol. The first-order valence-electron chi connectivity index (χ1n) is 24.4. The lowest BCUT2D eigenvalue weighted by molar-refractivity contribution is -0.303. The minimum atomic E-state index is -1.79. The van der Waals surface area contributed by atoms with Crippen LogP contribution in [0.1, 0.15) is 132 Å². The van der Waals surface area contributed by atoms with E-state index in [2.05, 4.69) is 0 Å². The number of aliphatic hydroxyl groups excluding tert-OH is 2. The van der Waals surface area contributed by atoms with Crippen molar-refractivity contribution in [2.45, 2.75) is 187 Å². The highest BCUT2D eigenvalue weighted by molar-refractivity contribution is 5.95. The summed E-state index contributed by atoms with van der Waals surface area (Å²) in [5, 5.41) is 34.3. The van der Waals surface area contributed by atoms with Crippen LogP contribution in [-0.2, 0) is 42.9 Å². The van der Waals surface area contributed by atoms with Crippen LogP contribution in [0, 0.1) is 41.4 Å². The number of allylic oxidation sites excluding steroid dienone is 6. The molecule has 65 heavy (non-hydrogen) atoms. The number of hydrogen-bond donors (Lipinski definition) is 3. The van der Waals surface area contributed by atoms with Crippen molar-refractivity contribution in [1.82, 2.24) is 4.90 Å². The summed E-state index contributed by atoms with van der Waals surface area (Å²) in [6.07, 6.45) is 13.2. The molecule has 0 aromatic heterocycles. The van der Waals surface area contributed by atoms with E-state index in [1.165, 1.54) is 12.0 Å². The second kappa shape index (κ2) is 25.4. The third kappa shape index (κ3) is 14.5. The van der Waals surface area contributed by atoms with Crippen LogP contribution in [0.4, 0.5) is 0 Å². The standard InChI is InChI=1S/C52H83NO12/c1-31-17-13-12-14-18-32(2)44(61-9)29-40-22-20-37(7)52(60,65-40)38(8)50(58)53-24-16-15-19-41(53)51(59)64-45(34(4)27-39-21-23-42(54)46(28-39)62-10)30-43(55)33(3)26-36(6)48(57)49(63-11)47(56)35(5)25-31/h12-14,17-18,26,31,34-42,44-46,48-49,54,57,60H,15-16,19-25,27-30H2,1-11H3/t31-,34-,35?,36?,37?,38?,39?,40+,41?,42-,44+,45+,46?,48?,49+,52?/m1/s1. The van der Waals surface area contributed by atoms with Crippen LogP contribution in [0.15, 0.2) is 47.6 Å². The Balaban J connectivity index is 1.70. The van der Waals surface area contributed by atoms with Gasteiger partial charge in [-0.1, -0.05) is 71.1 Å². The van der Waals surface area contributed by atoms with Crippen LogP contribution in [0.3, 0.4) is 0 Å². The number of ketones is 2. The van der Waals surface area contributed by atoms with Crippen molar-refractivity contribution in [3.05, 3.63) is 47.6 Å². The van der Waals surface area contributed by atoms with Crippen LogP contribution < -0.4 is 0 Å². The number of carbonyl (C=O) groups is 4. The molecule has 2 saturated heterocycles. The van der Waals surface area contributed by atoms with Gasteiger partial charge in [-0.2, -0.15) is 0 Å². The quantitative estimate of drug-likeness (QED) is 0.228. The Kier molecular flexibility index (Phi) is 21.3. The van der Waals surface area contributed by atoms with Gasteiger partial charge in [0.05, 0.1) is 36.4 Å². The number of methoxy groups -OCH3 is 3. The second-order valence-electron chi connectivity index (χ2n) is 20.1. The van der Waals surface area contributed by atoms with E-state index in [1.807, 2.05) is 65.0 Å². The number of nitrogens with zero attached hydrogens (tertiary/aromatic N) is 1. The highest BCUT2D eigenvalue weighted by atomic mass is 16.6. The average molecular weight is 914 g/mol. The monoisotopic (exact) mass is 914 g/mol. The van der Waals surface area contributed by atoms with Crippen molar-refractivity contribution >= 4 is 23.4 Å². The predicted octanol–water partition coefficient (Wildman–Crippen LogP) is 7.25. The van der Waals surface area contributed by atoms with Crippen LogP contribution >= 0.6 is 0 Å². The Hall–Kier alpha value is -3.04. The van der Waals surface area contributed by atoms with Gasteiger partial charge in [0, 0.05) is 58.5 Å². The fraction of sp³-hybridized carbons (Fsp3) is 0.769. The molecule has 1 amide bonds. The number of hydrogen-bond acceptors (Lipinski definition) is 12. The number of rotatable bonds is 6. The molecule has 3 fully saturated rings. The summed E-state index contributed by atoms with van der Waals surface area (Å²) in [6, 6.07) is -0.921. The SMILES string of the molecule is COC1CC(C[C@@H](C)[C@@H]2CC(=O)C(C)=CC(C)C(O)[C@@H](OC)C(=O)C(C)C[C@H](C)C=CC=CC=C(C)[C@@H](OC)C[C@@H]3CCC(C)C(O)(O3)C(C)C(=O)N3CCCCC3C(=O)O2)CC[C@H]1O. The minimum absolute atomic E-state index is 0.0495. The zero-order chi connectivity index (χ0) is 48.2. The number of carbonyl (C=O) groups excluding carboxylic acids is 4. The van der Waals surface area contributed by atoms with Crippen molar-refractivity contribution < 1.29 is 58.2 Å². The molecule has 1 aliphatic carbocycles. The van der Waals surface area contributed by atoms with Crippen molar-refractivity contribution in [2.24, 2.45) is 41.4 Å². The zero-order valence-corrected chi connectivity index (χ0v) is 41.3. The smallest absolute Gasteiger partial charge is 0.329 e. The van der Waals surface area contributed by atoms with Gasteiger partial charge >= 0.3 is 5.97 Å². The molecule has 0 spiro atoms. The van der Waals surface area contributed by atoms with Crippen LogP contribution in [0.2, 0.25) is 0 Å². The summed E-state index contributed by atoms with van der Waals surface area (Å²) in [7, 11) is 4.64. The largest absolute Gasteiger partial charge is 0.460 e. The van der Waals surface area contributed by atoms with E-state index in [-0.39, 0.29) is 53.9 Å². The first-order valence-corrected chi connectivity index (χ1v) is 24.4. The molecule has 0 aromatic rings. The maximum absolute atomic E-state index is 14.6. The zero-order valence-electron chi connectivity index (χ0n) is 41.3. The summed E-state index contributed by atoms with van der Waals surface area (Å²) in [6.45, 7) is 15.1. The Morgan fingerprint density at radius 3 is 2.26 bits per heavy atom. The molecule has 1 saturated carbocycles. The summed E-state index contributed by atoms with van der Waals surface area (Å²) >= 11 is 0. The van der Waals surface area contributed by atoms with Gasteiger partial charge in [-0.25, -0.2) is 4.79 Å². The van der Waals surface area contributed by atoms with Gasteiger partial charge in [-0.05, 0) is 114 Å². The van der Waals surface area contributed by atoms with Crippen LogP contribution in [0.5, 0.6) is 0 Å². The molecule has 3 aliphatic heterocycles. The molecule has 3 heterocycles. The maximum atomic E-state index is 14.6. The summed E-state index contributed by atoms with van der Waals surface area (Å²) in [5.74, 6) is -5.74. The first-order chi connectivity index (χ1) is 30.7. The third-order valence-corrected chi connectivity index (χ3v) is 15.0. The molecule has 4 aliphatic rings.